The van der Waals surface area contributed by atoms with Gasteiger partial charge in [0.2, 0.25) is 11.8 Å². The van der Waals surface area contributed by atoms with Gasteiger partial charge >= 0.3 is 0 Å². The Morgan fingerprint density at radius 3 is 2.44 bits per heavy atom. The summed E-state index contributed by atoms with van der Waals surface area (Å²) in [4.78, 5) is 12.6. The number of nitrogens with zero attached hydrogens (tertiary/aromatic N) is 2. The molecule has 1 N–H and O–H groups in total. The van der Waals surface area contributed by atoms with Crippen LogP contribution in [0, 0.1) is 32.4 Å². The number of halogens is 2. The van der Waals surface area contributed by atoms with Gasteiger partial charge in [0.05, 0.1) is 11.4 Å². The molecule has 0 aliphatic heterocycles. The van der Waals surface area contributed by atoms with Crippen LogP contribution in [0.25, 0.3) is 5.69 Å². The number of nitrogens with one attached hydrogen (secondary N) is 1. The van der Waals surface area contributed by atoms with Gasteiger partial charge in [-0.05, 0) is 69.2 Å². The molecule has 0 spiro atoms. The molecule has 5 nitrogen and oxygen atoms in total. The van der Waals surface area contributed by atoms with Gasteiger partial charge in [-0.15, -0.1) is 0 Å². The largest absolute Gasteiger partial charge is 0.436 e. The van der Waals surface area contributed by atoms with Crippen molar-refractivity contribution in [3.8, 4) is 17.3 Å². The highest BCUT2D eigenvalue weighted by Gasteiger charge is 2.21. The third kappa shape index (κ3) is 5.31. The van der Waals surface area contributed by atoms with Crippen molar-refractivity contribution in [3.05, 3.63) is 101 Å². The van der Waals surface area contributed by atoms with Crippen molar-refractivity contribution >= 4 is 11.6 Å². The number of carbonyl (C=O) groups is 1. The van der Waals surface area contributed by atoms with Crippen LogP contribution in [0.4, 0.5) is 14.5 Å². The lowest BCUT2D eigenvalue weighted by Crippen LogP contribution is -2.12. The zero-order valence-electron chi connectivity index (χ0n) is 19.2. The molecule has 0 radical (unpaired) electrons. The summed E-state index contributed by atoms with van der Waals surface area (Å²) in [6.07, 6.45) is 0.504. The molecular formula is C27H25F2N3O2. The Morgan fingerprint density at radius 2 is 1.74 bits per heavy atom. The molecule has 174 valence electrons. The Hall–Kier alpha value is -4.00. The van der Waals surface area contributed by atoms with Crippen molar-refractivity contribution in [3.63, 3.8) is 0 Å². The van der Waals surface area contributed by atoms with E-state index < -0.39 is 11.6 Å². The molecule has 0 saturated carbocycles. The molecule has 1 amide bonds. The fourth-order valence-electron chi connectivity index (χ4n) is 3.63. The standard InChI is InChI=1S/C27H25F2N3O2/c1-17-7-10-21(11-8-17)30-26(33)14-12-23-19(3)31-32(22-6-4-5-18(2)15-22)27(23)34-25-13-9-20(28)16-24(25)29/h4-11,13,15-16H,12,14H2,1-3H3,(H,30,33). The number of hydrogen-bond acceptors (Lipinski definition) is 3. The Kier molecular flexibility index (Phi) is 6.72. The van der Waals surface area contributed by atoms with Crippen molar-refractivity contribution in [1.82, 2.24) is 9.78 Å². The molecule has 1 aromatic heterocycles. The van der Waals surface area contributed by atoms with Crippen LogP contribution < -0.4 is 10.1 Å². The fraction of sp³-hybridized carbons (Fsp3) is 0.185. The summed E-state index contributed by atoms with van der Waals surface area (Å²) in [5, 5.41) is 7.48. The van der Waals surface area contributed by atoms with Gasteiger partial charge in [-0.25, -0.2) is 13.5 Å². The SMILES string of the molecule is Cc1ccc(NC(=O)CCc2c(C)nn(-c3cccc(C)c3)c2Oc2ccc(F)cc2F)cc1. The Balaban J connectivity index is 1.64. The second kappa shape index (κ2) is 9.87. The molecule has 0 aliphatic rings. The predicted molar refractivity (Wildman–Crippen MR) is 128 cm³/mol. The third-order valence-electron chi connectivity index (χ3n) is 5.42. The molecule has 4 rings (SSSR count). The van der Waals surface area contributed by atoms with Gasteiger partial charge in [-0.2, -0.15) is 5.10 Å². The number of rotatable bonds is 7. The van der Waals surface area contributed by atoms with Crippen LogP contribution >= 0.6 is 0 Å². The Morgan fingerprint density at radius 1 is 0.971 bits per heavy atom. The van der Waals surface area contributed by atoms with Gasteiger partial charge in [0.25, 0.3) is 0 Å². The van der Waals surface area contributed by atoms with Crippen LogP contribution in [0.1, 0.15) is 28.8 Å². The first-order valence-electron chi connectivity index (χ1n) is 10.9. The lowest BCUT2D eigenvalue weighted by Gasteiger charge is -2.13. The third-order valence-corrected chi connectivity index (χ3v) is 5.42. The van der Waals surface area contributed by atoms with E-state index >= 15 is 0 Å². The number of hydrogen-bond donors (Lipinski definition) is 1. The molecule has 0 saturated heterocycles. The minimum Gasteiger partial charge on any atom is -0.436 e. The van der Waals surface area contributed by atoms with Crippen molar-refractivity contribution in [2.24, 2.45) is 0 Å². The number of ether oxygens (including phenoxy) is 1. The van der Waals surface area contributed by atoms with Gasteiger partial charge in [-0.1, -0.05) is 29.8 Å². The first kappa shape index (κ1) is 23.2. The van der Waals surface area contributed by atoms with Gasteiger partial charge in [-0.3, -0.25) is 4.79 Å². The minimum atomic E-state index is -0.822. The molecule has 0 aliphatic carbocycles. The zero-order chi connectivity index (χ0) is 24.2. The topological polar surface area (TPSA) is 56.2 Å². The second-order valence-electron chi connectivity index (χ2n) is 8.21. The maximum absolute atomic E-state index is 14.4. The molecule has 34 heavy (non-hydrogen) atoms. The first-order valence-corrected chi connectivity index (χ1v) is 10.9. The molecule has 3 aromatic carbocycles. The highest BCUT2D eigenvalue weighted by atomic mass is 19.1. The molecule has 0 atom stereocenters. The molecule has 1 heterocycles. The molecule has 0 bridgehead atoms. The normalized spacial score (nSPS) is 10.9. The van der Waals surface area contributed by atoms with E-state index in [4.69, 9.17) is 4.74 Å². The summed E-state index contributed by atoms with van der Waals surface area (Å²) in [5.41, 5.74) is 4.89. The summed E-state index contributed by atoms with van der Waals surface area (Å²) in [7, 11) is 0. The summed E-state index contributed by atoms with van der Waals surface area (Å²) >= 11 is 0. The lowest BCUT2D eigenvalue weighted by atomic mass is 10.1. The van der Waals surface area contributed by atoms with Crippen LogP contribution in [0.15, 0.2) is 66.7 Å². The summed E-state index contributed by atoms with van der Waals surface area (Å²) in [6, 6.07) is 18.3. The van der Waals surface area contributed by atoms with E-state index in [9.17, 15) is 13.6 Å². The van der Waals surface area contributed by atoms with E-state index in [0.717, 1.165) is 28.9 Å². The quantitative estimate of drug-likeness (QED) is 0.345. The fourth-order valence-corrected chi connectivity index (χ4v) is 3.63. The average molecular weight is 462 g/mol. The highest BCUT2D eigenvalue weighted by molar-refractivity contribution is 5.90. The van der Waals surface area contributed by atoms with Crippen LogP contribution in [-0.2, 0) is 11.2 Å². The molecule has 0 fully saturated rings. The van der Waals surface area contributed by atoms with Gasteiger partial charge in [0.1, 0.15) is 5.82 Å². The number of carbonyl (C=O) groups excluding carboxylic acids is 1. The van der Waals surface area contributed by atoms with Crippen molar-refractivity contribution < 1.29 is 18.3 Å². The maximum atomic E-state index is 14.4. The van der Waals surface area contributed by atoms with Gasteiger partial charge in [0, 0.05) is 23.7 Å². The number of aromatic nitrogens is 2. The summed E-state index contributed by atoms with van der Waals surface area (Å²) in [5.74, 6) is -1.51. The van der Waals surface area contributed by atoms with E-state index in [0.29, 0.717) is 23.4 Å². The molecular weight excluding hydrogens is 436 g/mol. The van der Waals surface area contributed by atoms with E-state index in [1.54, 1.807) is 4.68 Å². The number of anilines is 1. The van der Waals surface area contributed by atoms with Gasteiger partial charge in [0.15, 0.2) is 11.6 Å². The molecule has 7 heteroatoms. The van der Waals surface area contributed by atoms with Crippen LogP contribution in [0.5, 0.6) is 11.6 Å². The highest BCUT2D eigenvalue weighted by Crippen LogP contribution is 2.33. The Labute approximate surface area is 197 Å². The lowest BCUT2D eigenvalue weighted by molar-refractivity contribution is -0.116. The van der Waals surface area contributed by atoms with Crippen LogP contribution in [0.3, 0.4) is 0 Å². The minimum absolute atomic E-state index is 0.124. The van der Waals surface area contributed by atoms with Crippen molar-refractivity contribution in [2.45, 2.75) is 33.6 Å². The maximum Gasteiger partial charge on any atom is 0.226 e. The summed E-state index contributed by atoms with van der Waals surface area (Å²) < 4.78 is 35.3. The van der Waals surface area contributed by atoms with E-state index in [2.05, 4.69) is 10.4 Å². The smallest absolute Gasteiger partial charge is 0.226 e. The summed E-state index contributed by atoms with van der Waals surface area (Å²) in [6.45, 7) is 5.75. The second-order valence-corrected chi connectivity index (χ2v) is 8.21. The predicted octanol–water partition coefficient (Wildman–Crippen LogP) is 6.44. The van der Waals surface area contributed by atoms with Crippen LogP contribution in [-0.4, -0.2) is 15.7 Å². The molecule has 0 unspecified atom stereocenters. The zero-order valence-corrected chi connectivity index (χ0v) is 19.2. The monoisotopic (exact) mass is 461 g/mol. The van der Waals surface area contributed by atoms with Crippen molar-refractivity contribution in [2.75, 3.05) is 5.32 Å². The van der Waals surface area contributed by atoms with E-state index in [1.165, 1.54) is 6.07 Å². The van der Waals surface area contributed by atoms with E-state index in [1.807, 2.05) is 69.3 Å². The number of benzene rings is 3. The van der Waals surface area contributed by atoms with E-state index in [-0.39, 0.29) is 24.0 Å². The Bertz CT molecular complexity index is 1330. The number of aryl methyl sites for hydroxylation is 3. The van der Waals surface area contributed by atoms with Crippen LogP contribution in [0.2, 0.25) is 0 Å². The first-order chi connectivity index (χ1) is 16.3. The van der Waals surface area contributed by atoms with Gasteiger partial charge < -0.3 is 10.1 Å². The van der Waals surface area contributed by atoms with Crippen molar-refractivity contribution in [1.29, 1.82) is 0 Å². The average Bonchev–Trinajstić information content (AvgIpc) is 3.11. The number of amides is 1. The molecule has 4 aromatic rings.